The van der Waals surface area contributed by atoms with Gasteiger partial charge in [-0.15, -0.1) is 0 Å². The molecule has 3 aromatic rings. The highest BCUT2D eigenvalue weighted by Gasteiger charge is 2.37. The minimum atomic E-state index is 0.0664. The number of methoxy groups -OCH3 is 1. The van der Waals surface area contributed by atoms with Gasteiger partial charge in [-0.2, -0.15) is 0 Å². The van der Waals surface area contributed by atoms with Crippen molar-refractivity contribution in [3.8, 4) is 0 Å². The number of carbonyl (C=O) groups excluding carboxylic acids is 1. The molecule has 2 bridgehead atoms. The van der Waals surface area contributed by atoms with Gasteiger partial charge in [0.15, 0.2) is 0 Å². The number of para-hydroxylation sites is 1. The zero-order chi connectivity index (χ0) is 20.0. The zero-order valence-corrected chi connectivity index (χ0v) is 16.6. The second kappa shape index (κ2) is 7.19. The van der Waals surface area contributed by atoms with Crippen molar-refractivity contribution in [1.29, 1.82) is 0 Å². The third kappa shape index (κ3) is 3.08. The number of pyridine rings is 1. The summed E-state index contributed by atoms with van der Waals surface area (Å²) in [5.74, 6) is 0.609. The van der Waals surface area contributed by atoms with Gasteiger partial charge in [0.05, 0.1) is 6.61 Å². The number of hydrogen-bond acceptors (Lipinski definition) is 3. The quantitative estimate of drug-likeness (QED) is 0.687. The summed E-state index contributed by atoms with van der Waals surface area (Å²) in [5.41, 5.74) is 2.90. The maximum absolute atomic E-state index is 13.6. The Morgan fingerprint density at radius 3 is 2.83 bits per heavy atom. The van der Waals surface area contributed by atoms with Crippen LogP contribution < -0.4 is 5.56 Å². The van der Waals surface area contributed by atoms with Crippen LogP contribution in [0.3, 0.4) is 0 Å². The van der Waals surface area contributed by atoms with Gasteiger partial charge in [0, 0.05) is 61.9 Å². The number of nitrogens with zero attached hydrogens (tertiary/aromatic N) is 3. The van der Waals surface area contributed by atoms with Gasteiger partial charge in [-0.3, -0.25) is 9.59 Å². The van der Waals surface area contributed by atoms with E-state index in [9.17, 15) is 9.59 Å². The molecule has 0 radical (unpaired) electrons. The average Bonchev–Trinajstić information content (AvgIpc) is 3.11. The minimum Gasteiger partial charge on any atom is -0.383 e. The van der Waals surface area contributed by atoms with Gasteiger partial charge in [0.25, 0.3) is 11.5 Å². The summed E-state index contributed by atoms with van der Waals surface area (Å²) in [7, 11) is 1.68. The van der Waals surface area contributed by atoms with Crippen LogP contribution in [-0.2, 0) is 17.8 Å². The Labute approximate surface area is 169 Å². The molecule has 2 atom stereocenters. The molecule has 5 rings (SSSR count). The smallest absolute Gasteiger partial charge is 0.270 e. The first-order valence-electron chi connectivity index (χ1n) is 10.2. The van der Waals surface area contributed by atoms with Crippen LogP contribution in [0.15, 0.2) is 53.3 Å². The third-order valence-electron chi connectivity index (χ3n) is 6.32. The second-order valence-electron chi connectivity index (χ2n) is 8.14. The topological polar surface area (TPSA) is 56.5 Å². The van der Waals surface area contributed by atoms with Gasteiger partial charge in [0.2, 0.25) is 0 Å². The van der Waals surface area contributed by atoms with E-state index in [0.29, 0.717) is 44.4 Å². The number of benzene rings is 1. The normalized spacial score (nSPS) is 20.7. The van der Waals surface area contributed by atoms with Crippen molar-refractivity contribution < 1.29 is 9.53 Å². The van der Waals surface area contributed by atoms with Crippen LogP contribution in [0, 0.1) is 5.92 Å². The summed E-state index contributed by atoms with van der Waals surface area (Å²) >= 11 is 0. The Balaban J connectivity index is 1.48. The van der Waals surface area contributed by atoms with E-state index < -0.39 is 0 Å². The van der Waals surface area contributed by atoms with E-state index in [0.717, 1.165) is 23.0 Å². The van der Waals surface area contributed by atoms with Crippen LogP contribution in [0.2, 0.25) is 0 Å². The molecule has 0 N–H and O–H groups in total. The standard InChI is InChI=1S/C23H25N3O3/c1-29-10-9-25-19-6-3-2-5-17(19)12-21(25)23(28)24-13-16-11-18(15-24)20-7-4-8-22(27)26(20)14-16/h2-8,12,16,18H,9-11,13-15H2,1H3/t16-,18+/m0/s1. The monoisotopic (exact) mass is 391 g/mol. The third-order valence-corrected chi connectivity index (χ3v) is 6.32. The van der Waals surface area contributed by atoms with Crippen molar-refractivity contribution in [2.45, 2.75) is 25.4 Å². The molecule has 0 unspecified atom stereocenters. The summed E-state index contributed by atoms with van der Waals surface area (Å²) in [6, 6.07) is 15.6. The van der Waals surface area contributed by atoms with Crippen LogP contribution in [0.1, 0.15) is 28.5 Å². The molecule has 150 valence electrons. The molecule has 4 heterocycles. The molecule has 1 amide bonds. The first-order chi connectivity index (χ1) is 14.2. The largest absolute Gasteiger partial charge is 0.383 e. The number of rotatable bonds is 4. The van der Waals surface area contributed by atoms with Crippen molar-refractivity contribution in [2.75, 3.05) is 26.8 Å². The maximum atomic E-state index is 13.6. The number of fused-ring (bicyclic) bond motifs is 5. The Hall–Kier alpha value is -2.86. The van der Waals surface area contributed by atoms with Crippen LogP contribution in [0.25, 0.3) is 10.9 Å². The van der Waals surface area contributed by atoms with Crippen molar-refractivity contribution in [3.05, 3.63) is 70.3 Å². The lowest BCUT2D eigenvalue weighted by atomic mass is 9.83. The van der Waals surface area contributed by atoms with E-state index >= 15 is 0 Å². The molecule has 2 aliphatic rings. The zero-order valence-electron chi connectivity index (χ0n) is 16.6. The molecule has 6 heteroatoms. The highest BCUT2D eigenvalue weighted by Crippen LogP contribution is 2.35. The average molecular weight is 391 g/mol. The number of carbonyl (C=O) groups is 1. The lowest BCUT2D eigenvalue weighted by Crippen LogP contribution is -2.49. The molecule has 1 aromatic carbocycles. The van der Waals surface area contributed by atoms with E-state index in [2.05, 4.69) is 10.6 Å². The molecule has 2 aromatic heterocycles. The van der Waals surface area contributed by atoms with Crippen molar-refractivity contribution in [3.63, 3.8) is 0 Å². The van der Waals surface area contributed by atoms with Gasteiger partial charge in [-0.1, -0.05) is 24.3 Å². The second-order valence-corrected chi connectivity index (χ2v) is 8.14. The maximum Gasteiger partial charge on any atom is 0.270 e. The summed E-state index contributed by atoms with van der Waals surface area (Å²) < 4.78 is 9.25. The SMILES string of the molecule is COCCn1c(C(=O)N2C[C@@H]3C[C@H](C2)c2cccc(=O)n2C3)cc2ccccc21. The van der Waals surface area contributed by atoms with Gasteiger partial charge in [-0.05, 0) is 30.5 Å². The van der Waals surface area contributed by atoms with Crippen molar-refractivity contribution in [1.82, 2.24) is 14.0 Å². The molecule has 0 spiro atoms. The van der Waals surface area contributed by atoms with E-state index in [1.165, 1.54) is 0 Å². The fourth-order valence-corrected chi connectivity index (χ4v) is 5.04. The van der Waals surface area contributed by atoms with Gasteiger partial charge in [-0.25, -0.2) is 0 Å². The predicted octanol–water partition coefficient (Wildman–Crippen LogP) is 2.71. The molecule has 1 saturated heterocycles. The number of aromatic nitrogens is 2. The van der Waals surface area contributed by atoms with E-state index in [4.69, 9.17) is 4.74 Å². The highest BCUT2D eigenvalue weighted by atomic mass is 16.5. The fraction of sp³-hybridized carbons (Fsp3) is 0.391. The number of piperidine rings is 1. The number of likely N-dealkylation sites (tertiary alicyclic amines) is 1. The van der Waals surface area contributed by atoms with Gasteiger partial charge >= 0.3 is 0 Å². The van der Waals surface area contributed by atoms with Gasteiger partial charge < -0.3 is 18.8 Å². The number of amides is 1. The molecule has 1 fully saturated rings. The lowest BCUT2D eigenvalue weighted by Gasteiger charge is -2.42. The fourth-order valence-electron chi connectivity index (χ4n) is 5.04. The minimum absolute atomic E-state index is 0.0664. The summed E-state index contributed by atoms with van der Waals surface area (Å²) in [4.78, 5) is 27.8. The lowest BCUT2D eigenvalue weighted by molar-refractivity contribution is 0.0582. The summed E-state index contributed by atoms with van der Waals surface area (Å²) in [5, 5.41) is 1.07. The Bertz CT molecular complexity index is 1130. The first-order valence-corrected chi connectivity index (χ1v) is 10.2. The Morgan fingerprint density at radius 2 is 1.97 bits per heavy atom. The number of hydrogen-bond donors (Lipinski definition) is 0. The van der Waals surface area contributed by atoms with Crippen molar-refractivity contribution in [2.24, 2.45) is 5.92 Å². The number of ether oxygens (including phenoxy) is 1. The van der Waals surface area contributed by atoms with Crippen LogP contribution in [0.5, 0.6) is 0 Å². The Morgan fingerprint density at radius 1 is 1.10 bits per heavy atom. The molecule has 6 nitrogen and oxygen atoms in total. The van der Waals surface area contributed by atoms with Crippen LogP contribution >= 0.6 is 0 Å². The predicted molar refractivity (Wildman–Crippen MR) is 111 cm³/mol. The molecular formula is C23H25N3O3. The summed E-state index contributed by atoms with van der Waals surface area (Å²) in [6.45, 7) is 3.25. The molecule has 0 saturated carbocycles. The molecule has 29 heavy (non-hydrogen) atoms. The summed E-state index contributed by atoms with van der Waals surface area (Å²) in [6.07, 6.45) is 1.04. The van der Waals surface area contributed by atoms with Crippen molar-refractivity contribution >= 4 is 16.8 Å². The molecule has 0 aliphatic carbocycles. The highest BCUT2D eigenvalue weighted by molar-refractivity contribution is 5.99. The van der Waals surface area contributed by atoms with E-state index in [1.54, 1.807) is 13.2 Å². The van der Waals surface area contributed by atoms with E-state index in [-0.39, 0.29) is 17.4 Å². The Kier molecular flexibility index (Phi) is 4.51. The van der Waals surface area contributed by atoms with E-state index in [1.807, 2.05) is 45.9 Å². The van der Waals surface area contributed by atoms with Crippen LogP contribution in [0.4, 0.5) is 0 Å². The van der Waals surface area contributed by atoms with Gasteiger partial charge in [0.1, 0.15) is 5.69 Å². The first kappa shape index (κ1) is 18.2. The molecular weight excluding hydrogens is 366 g/mol. The molecule has 2 aliphatic heterocycles. The van der Waals surface area contributed by atoms with Crippen LogP contribution in [-0.4, -0.2) is 46.7 Å².